The molecule has 0 radical (unpaired) electrons. The molecule has 0 saturated carbocycles. The Morgan fingerprint density at radius 1 is 1.00 bits per heavy atom. The summed E-state index contributed by atoms with van der Waals surface area (Å²) in [5.74, 6) is -0.915. The molecule has 2 aliphatic rings. The molecular weight excluding hydrogens is 398 g/mol. The summed E-state index contributed by atoms with van der Waals surface area (Å²) in [4.78, 5) is 28.9. The number of carbonyl (C=O) groups excluding carboxylic acids is 2. The molecular formula is C23H35N3O5. The fourth-order valence-corrected chi connectivity index (χ4v) is 4.84. The summed E-state index contributed by atoms with van der Waals surface area (Å²) in [7, 11) is 0. The van der Waals surface area contributed by atoms with Crippen LogP contribution < -0.4 is 5.73 Å². The first-order valence-corrected chi connectivity index (χ1v) is 11.2. The second-order valence-corrected chi connectivity index (χ2v) is 8.89. The van der Waals surface area contributed by atoms with E-state index in [9.17, 15) is 24.9 Å². The summed E-state index contributed by atoms with van der Waals surface area (Å²) in [5, 5.41) is 30.1. The highest BCUT2D eigenvalue weighted by atomic mass is 16.3. The Labute approximate surface area is 183 Å². The summed E-state index contributed by atoms with van der Waals surface area (Å²) >= 11 is 0. The minimum atomic E-state index is -1.29. The summed E-state index contributed by atoms with van der Waals surface area (Å²) in [6.07, 6.45) is 1.73. The molecule has 3 rings (SSSR count). The molecule has 8 nitrogen and oxygen atoms in total. The van der Waals surface area contributed by atoms with E-state index in [0.717, 1.165) is 18.4 Å². The standard InChI is InChI=1S/C23H35N3O5/c24-22(30)20-13-18(15-28)8-11-26(20)23(31)21(29)19(12-16-4-2-1-3-5-16)25-9-6-17(14-27)7-10-25/h1-5,17-21,27-29H,6-15H2,(H2,24,30)/t18?,19-,20?,21+/m0/s1. The summed E-state index contributed by atoms with van der Waals surface area (Å²) in [6.45, 7) is 1.78. The van der Waals surface area contributed by atoms with E-state index in [0.29, 0.717) is 38.9 Å². The van der Waals surface area contributed by atoms with Crippen molar-refractivity contribution in [3.63, 3.8) is 0 Å². The SMILES string of the molecule is NC(=O)C1CC(CO)CCN1C(=O)[C@H](O)[C@H](Cc1ccccc1)N1CCC(CO)CC1. The van der Waals surface area contributed by atoms with Gasteiger partial charge < -0.3 is 26.0 Å². The van der Waals surface area contributed by atoms with E-state index in [1.54, 1.807) is 0 Å². The molecule has 8 heteroatoms. The summed E-state index contributed by atoms with van der Waals surface area (Å²) < 4.78 is 0. The third kappa shape index (κ3) is 5.83. The number of carbonyl (C=O) groups is 2. The van der Waals surface area contributed by atoms with Crippen molar-refractivity contribution < 1.29 is 24.9 Å². The van der Waals surface area contributed by atoms with Crippen molar-refractivity contribution in [3.05, 3.63) is 35.9 Å². The Hall–Kier alpha value is -2.00. The smallest absolute Gasteiger partial charge is 0.253 e. The van der Waals surface area contributed by atoms with Gasteiger partial charge >= 0.3 is 0 Å². The number of amides is 2. The lowest BCUT2D eigenvalue weighted by Crippen LogP contribution is -2.60. The maximum Gasteiger partial charge on any atom is 0.253 e. The van der Waals surface area contributed by atoms with Crippen LogP contribution in [0.4, 0.5) is 0 Å². The molecule has 5 N–H and O–H groups in total. The maximum atomic E-state index is 13.3. The molecule has 0 bridgehead atoms. The first-order valence-electron chi connectivity index (χ1n) is 11.2. The Kier molecular flexibility index (Phi) is 8.43. The van der Waals surface area contributed by atoms with Gasteiger partial charge in [-0.25, -0.2) is 0 Å². The van der Waals surface area contributed by atoms with E-state index in [4.69, 9.17) is 5.73 Å². The average Bonchev–Trinajstić information content (AvgIpc) is 2.82. The first kappa shape index (κ1) is 23.7. The predicted molar refractivity (Wildman–Crippen MR) is 116 cm³/mol. The zero-order chi connectivity index (χ0) is 22.4. The molecule has 0 aliphatic carbocycles. The molecule has 1 aromatic carbocycles. The molecule has 31 heavy (non-hydrogen) atoms. The molecule has 0 spiro atoms. The van der Waals surface area contributed by atoms with Gasteiger partial charge in [0.1, 0.15) is 12.1 Å². The van der Waals surface area contributed by atoms with Gasteiger partial charge in [-0.1, -0.05) is 30.3 Å². The number of primary amides is 1. The third-order valence-corrected chi connectivity index (χ3v) is 6.86. The van der Waals surface area contributed by atoms with Crippen molar-refractivity contribution >= 4 is 11.8 Å². The third-order valence-electron chi connectivity index (χ3n) is 6.86. The van der Waals surface area contributed by atoms with E-state index in [2.05, 4.69) is 4.90 Å². The van der Waals surface area contributed by atoms with Gasteiger partial charge in [-0.05, 0) is 62.6 Å². The first-order chi connectivity index (χ1) is 14.9. The lowest BCUT2D eigenvalue weighted by Gasteiger charge is -2.42. The number of piperidine rings is 2. The second kappa shape index (κ2) is 11.0. The number of nitrogens with two attached hydrogens (primary N) is 1. The van der Waals surface area contributed by atoms with Crippen molar-refractivity contribution in [1.82, 2.24) is 9.80 Å². The number of likely N-dealkylation sites (tertiary alicyclic amines) is 2. The number of benzene rings is 1. The zero-order valence-corrected chi connectivity index (χ0v) is 18.0. The van der Waals surface area contributed by atoms with Crippen LogP contribution in [-0.4, -0.2) is 88.0 Å². The molecule has 2 saturated heterocycles. The molecule has 172 valence electrons. The van der Waals surface area contributed by atoms with Crippen LogP contribution in [-0.2, 0) is 16.0 Å². The van der Waals surface area contributed by atoms with Crippen LogP contribution in [0.2, 0.25) is 0 Å². The molecule has 4 atom stereocenters. The van der Waals surface area contributed by atoms with E-state index in [-0.39, 0.29) is 25.0 Å². The fourth-order valence-electron chi connectivity index (χ4n) is 4.84. The van der Waals surface area contributed by atoms with Crippen LogP contribution in [0.1, 0.15) is 31.2 Å². The van der Waals surface area contributed by atoms with Gasteiger partial charge in [-0.3, -0.25) is 14.5 Å². The van der Waals surface area contributed by atoms with Gasteiger partial charge in [0.05, 0.1) is 0 Å². The van der Waals surface area contributed by atoms with Gasteiger partial charge in [0.25, 0.3) is 5.91 Å². The van der Waals surface area contributed by atoms with Crippen molar-refractivity contribution in [2.75, 3.05) is 32.8 Å². The number of aliphatic hydroxyl groups is 3. The van der Waals surface area contributed by atoms with Gasteiger partial charge in [0.15, 0.2) is 0 Å². The largest absolute Gasteiger partial charge is 0.396 e. The van der Waals surface area contributed by atoms with E-state index < -0.39 is 30.0 Å². The summed E-state index contributed by atoms with van der Waals surface area (Å²) in [5.41, 5.74) is 6.58. The molecule has 2 fully saturated rings. The van der Waals surface area contributed by atoms with Gasteiger partial charge in [0, 0.05) is 25.8 Å². The molecule has 0 aromatic heterocycles. The highest BCUT2D eigenvalue weighted by Gasteiger charge is 2.41. The van der Waals surface area contributed by atoms with Crippen LogP contribution in [0.5, 0.6) is 0 Å². The quantitative estimate of drug-likeness (QED) is 0.448. The highest BCUT2D eigenvalue weighted by molar-refractivity contribution is 5.89. The van der Waals surface area contributed by atoms with Crippen LogP contribution in [0.3, 0.4) is 0 Å². The Morgan fingerprint density at radius 3 is 2.19 bits per heavy atom. The highest BCUT2D eigenvalue weighted by Crippen LogP contribution is 2.26. The zero-order valence-electron chi connectivity index (χ0n) is 18.0. The number of hydrogen-bond acceptors (Lipinski definition) is 6. The lowest BCUT2D eigenvalue weighted by atomic mass is 9.89. The van der Waals surface area contributed by atoms with Crippen molar-refractivity contribution in [2.24, 2.45) is 17.6 Å². The van der Waals surface area contributed by atoms with Gasteiger partial charge in [-0.15, -0.1) is 0 Å². The minimum Gasteiger partial charge on any atom is -0.396 e. The van der Waals surface area contributed by atoms with Crippen molar-refractivity contribution in [3.8, 4) is 0 Å². The predicted octanol–water partition coefficient (Wildman–Crippen LogP) is -0.252. The molecule has 2 unspecified atom stereocenters. The second-order valence-electron chi connectivity index (χ2n) is 8.89. The average molecular weight is 434 g/mol. The molecule has 1 aromatic rings. The van der Waals surface area contributed by atoms with Crippen LogP contribution >= 0.6 is 0 Å². The minimum absolute atomic E-state index is 0.0508. The number of hydrogen-bond donors (Lipinski definition) is 4. The van der Waals surface area contributed by atoms with E-state index >= 15 is 0 Å². The maximum absolute atomic E-state index is 13.3. The van der Waals surface area contributed by atoms with E-state index in [1.807, 2.05) is 30.3 Å². The topological polar surface area (TPSA) is 127 Å². The lowest BCUT2D eigenvalue weighted by molar-refractivity contribution is -0.153. The van der Waals surface area contributed by atoms with Crippen LogP contribution in [0, 0.1) is 11.8 Å². The Morgan fingerprint density at radius 2 is 1.61 bits per heavy atom. The van der Waals surface area contributed by atoms with Crippen LogP contribution in [0.25, 0.3) is 0 Å². The molecule has 2 amide bonds. The number of aliphatic hydroxyl groups excluding tert-OH is 3. The number of rotatable bonds is 8. The van der Waals surface area contributed by atoms with Gasteiger partial charge in [-0.2, -0.15) is 0 Å². The van der Waals surface area contributed by atoms with Crippen molar-refractivity contribution in [2.45, 2.75) is 50.3 Å². The molecule has 2 heterocycles. The van der Waals surface area contributed by atoms with Gasteiger partial charge in [0.2, 0.25) is 5.91 Å². The van der Waals surface area contributed by atoms with E-state index in [1.165, 1.54) is 4.90 Å². The normalized spacial score (nSPS) is 25.2. The molecule has 2 aliphatic heterocycles. The fraction of sp³-hybridized carbons (Fsp3) is 0.652. The Bertz CT molecular complexity index is 723. The number of nitrogens with zero attached hydrogens (tertiary/aromatic N) is 2. The monoisotopic (exact) mass is 433 g/mol. The summed E-state index contributed by atoms with van der Waals surface area (Å²) in [6, 6.07) is 8.50. The Balaban J connectivity index is 1.78. The van der Waals surface area contributed by atoms with Crippen molar-refractivity contribution in [1.29, 1.82) is 0 Å². The van der Waals surface area contributed by atoms with Crippen LogP contribution in [0.15, 0.2) is 30.3 Å².